The van der Waals surface area contributed by atoms with Crippen LogP contribution in [-0.2, 0) is 4.79 Å². The van der Waals surface area contributed by atoms with E-state index >= 15 is 0 Å². The third-order valence-electron chi connectivity index (χ3n) is 3.81. The normalized spacial score (nSPS) is 18.8. The van der Waals surface area contributed by atoms with Crippen LogP contribution in [0.25, 0.3) is 0 Å². The van der Waals surface area contributed by atoms with Gasteiger partial charge in [0.2, 0.25) is 5.91 Å². The highest BCUT2D eigenvalue weighted by Crippen LogP contribution is 2.20. The average Bonchev–Trinajstić information content (AvgIpc) is 2.45. The van der Waals surface area contributed by atoms with Crippen molar-refractivity contribution in [1.29, 1.82) is 0 Å². The molecule has 0 fully saturated rings. The van der Waals surface area contributed by atoms with Gasteiger partial charge in [0.1, 0.15) is 0 Å². The molecule has 0 aromatic heterocycles. The lowest BCUT2D eigenvalue weighted by Crippen LogP contribution is -2.14. The van der Waals surface area contributed by atoms with E-state index in [9.17, 15) is 9.59 Å². The number of benzene rings is 1. The summed E-state index contributed by atoms with van der Waals surface area (Å²) in [6, 6.07) is 7.34. The van der Waals surface area contributed by atoms with E-state index in [4.69, 9.17) is 0 Å². The lowest BCUT2D eigenvalue weighted by Gasteiger charge is -2.11. The summed E-state index contributed by atoms with van der Waals surface area (Å²) in [5.74, 6) is 0.153. The summed E-state index contributed by atoms with van der Waals surface area (Å²) >= 11 is 0. The third-order valence-corrected chi connectivity index (χ3v) is 3.81. The number of carbonyl (C=O) groups excluding carboxylic acids is 2. The number of amides is 1. The van der Waals surface area contributed by atoms with Crippen LogP contribution in [0.1, 0.15) is 68.1 Å². The zero-order valence-electron chi connectivity index (χ0n) is 12.0. The summed E-state index contributed by atoms with van der Waals surface area (Å²) in [5.41, 5.74) is 1.32. The Morgan fingerprint density at radius 2 is 1.35 bits per heavy atom. The van der Waals surface area contributed by atoms with Crippen molar-refractivity contribution >= 4 is 17.4 Å². The van der Waals surface area contributed by atoms with Gasteiger partial charge < -0.3 is 5.32 Å². The summed E-state index contributed by atoms with van der Waals surface area (Å²) in [4.78, 5) is 24.1. The first-order chi connectivity index (χ1) is 9.77. The van der Waals surface area contributed by atoms with Crippen molar-refractivity contribution in [3.8, 4) is 0 Å². The Morgan fingerprint density at radius 1 is 0.750 bits per heavy atom. The Bertz CT molecular complexity index is 468. The van der Waals surface area contributed by atoms with Crippen LogP contribution in [0.15, 0.2) is 24.3 Å². The van der Waals surface area contributed by atoms with Crippen molar-refractivity contribution in [2.24, 2.45) is 0 Å². The molecule has 1 aromatic carbocycles. The van der Waals surface area contributed by atoms with E-state index in [1.165, 1.54) is 19.3 Å². The van der Waals surface area contributed by atoms with Crippen molar-refractivity contribution < 1.29 is 9.59 Å². The number of anilines is 1. The molecule has 1 heterocycles. The number of hydrogen-bond acceptors (Lipinski definition) is 2. The first-order valence-corrected chi connectivity index (χ1v) is 7.69. The minimum atomic E-state index is 0.0160. The van der Waals surface area contributed by atoms with Gasteiger partial charge in [0.15, 0.2) is 5.78 Å². The van der Waals surface area contributed by atoms with Crippen LogP contribution >= 0.6 is 0 Å². The molecule has 0 radical (unpaired) electrons. The lowest BCUT2D eigenvalue weighted by molar-refractivity contribution is -0.116. The fourth-order valence-electron chi connectivity index (χ4n) is 2.64. The van der Waals surface area contributed by atoms with Gasteiger partial charge in [0.25, 0.3) is 0 Å². The Kier molecular flexibility index (Phi) is 5.78. The van der Waals surface area contributed by atoms with Crippen molar-refractivity contribution in [1.82, 2.24) is 0 Å². The van der Waals surface area contributed by atoms with Crippen molar-refractivity contribution in [2.45, 2.75) is 57.8 Å². The smallest absolute Gasteiger partial charge is 0.224 e. The minimum absolute atomic E-state index is 0.0160. The molecule has 20 heavy (non-hydrogen) atoms. The second kappa shape index (κ2) is 7.83. The summed E-state index contributed by atoms with van der Waals surface area (Å²) in [6.07, 6.45) is 8.85. The van der Waals surface area contributed by atoms with Crippen LogP contribution in [0, 0.1) is 0 Å². The first-order valence-electron chi connectivity index (χ1n) is 7.69. The summed E-state index contributed by atoms with van der Waals surface area (Å²) in [7, 11) is 0. The van der Waals surface area contributed by atoms with Gasteiger partial charge in [-0.3, -0.25) is 9.59 Å². The van der Waals surface area contributed by atoms with Gasteiger partial charge in [0.05, 0.1) is 5.69 Å². The van der Waals surface area contributed by atoms with E-state index < -0.39 is 0 Å². The fraction of sp³-hybridized carbons (Fsp3) is 0.529. The van der Waals surface area contributed by atoms with Crippen LogP contribution < -0.4 is 5.32 Å². The molecule has 3 heteroatoms. The predicted molar refractivity (Wildman–Crippen MR) is 81.0 cm³/mol. The molecule has 0 unspecified atom stereocenters. The van der Waals surface area contributed by atoms with Gasteiger partial charge in [0, 0.05) is 18.4 Å². The monoisotopic (exact) mass is 273 g/mol. The van der Waals surface area contributed by atoms with Crippen LogP contribution in [0.2, 0.25) is 0 Å². The maximum Gasteiger partial charge on any atom is 0.224 e. The molecule has 0 spiro atoms. The highest BCUT2D eigenvalue weighted by Gasteiger charge is 2.13. The number of hydrogen-bond donors (Lipinski definition) is 1. The molecule has 0 aliphatic carbocycles. The molecule has 0 bridgehead atoms. The number of carbonyl (C=O) groups is 2. The first kappa shape index (κ1) is 14.8. The van der Waals surface area contributed by atoms with E-state index in [-0.39, 0.29) is 11.7 Å². The largest absolute Gasteiger partial charge is 0.325 e. The minimum Gasteiger partial charge on any atom is -0.325 e. The molecule has 1 aliphatic rings. The van der Waals surface area contributed by atoms with E-state index in [1.807, 2.05) is 24.3 Å². The maximum atomic E-state index is 12.2. The SMILES string of the molecule is O=C1CCCCCCCCCC(=O)c2ccccc2N1. The number of para-hydroxylation sites is 1. The Morgan fingerprint density at radius 3 is 2.10 bits per heavy atom. The summed E-state index contributed by atoms with van der Waals surface area (Å²) in [6.45, 7) is 0. The molecule has 1 N–H and O–H groups in total. The lowest BCUT2D eigenvalue weighted by atomic mass is 10.0. The number of ketones is 1. The molecule has 1 amide bonds. The highest BCUT2D eigenvalue weighted by atomic mass is 16.1. The fourth-order valence-corrected chi connectivity index (χ4v) is 2.64. The van der Waals surface area contributed by atoms with Crippen molar-refractivity contribution in [3.05, 3.63) is 29.8 Å². The van der Waals surface area contributed by atoms with Crippen LogP contribution in [-0.4, -0.2) is 11.7 Å². The van der Waals surface area contributed by atoms with Gasteiger partial charge in [-0.05, 0) is 25.0 Å². The molecule has 108 valence electrons. The zero-order valence-corrected chi connectivity index (χ0v) is 12.0. The molecule has 2 rings (SSSR count). The Balaban J connectivity index is 2.11. The third kappa shape index (κ3) is 4.48. The van der Waals surface area contributed by atoms with E-state index in [2.05, 4.69) is 5.32 Å². The van der Waals surface area contributed by atoms with Crippen LogP contribution in [0.5, 0.6) is 0 Å². The molecular formula is C17H23NO2. The predicted octanol–water partition coefficient (Wildman–Crippen LogP) is 4.33. The Labute approximate surface area is 120 Å². The second-order valence-electron chi connectivity index (χ2n) is 5.49. The van der Waals surface area contributed by atoms with E-state index in [0.717, 1.165) is 25.7 Å². The van der Waals surface area contributed by atoms with Crippen LogP contribution in [0.3, 0.4) is 0 Å². The van der Waals surface area contributed by atoms with E-state index in [1.54, 1.807) is 0 Å². The summed E-state index contributed by atoms with van der Waals surface area (Å²) in [5, 5.41) is 2.89. The standard InChI is InChI=1S/C17H23NO2/c19-16-12-6-4-2-1-3-5-7-13-17(20)18-15-11-9-8-10-14(15)16/h8-11H,1-7,12-13H2,(H,18,20). The average molecular weight is 273 g/mol. The Hall–Kier alpha value is -1.64. The van der Waals surface area contributed by atoms with Gasteiger partial charge in [-0.2, -0.15) is 0 Å². The topological polar surface area (TPSA) is 46.2 Å². The van der Waals surface area contributed by atoms with Crippen molar-refractivity contribution in [2.75, 3.05) is 5.32 Å². The molecule has 0 saturated heterocycles. The number of rotatable bonds is 0. The quantitative estimate of drug-likeness (QED) is 0.764. The summed E-state index contributed by atoms with van der Waals surface area (Å²) < 4.78 is 0. The number of nitrogens with one attached hydrogen (secondary N) is 1. The van der Waals surface area contributed by atoms with Gasteiger partial charge >= 0.3 is 0 Å². The van der Waals surface area contributed by atoms with Crippen molar-refractivity contribution in [3.63, 3.8) is 0 Å². The molecular weight excluding hydrogens is 250 g/mol. The molecule has 1 aliphatic heterocycles. The van der Waals surface area contributed by atoms with Gasteiger partial charge in [-0.25, -0.2) is 0 Å². The molecule has 0 atom stereocenters. The molecule has 3 nitrogen and oxygen atoms in total. The number of fused-ring (bicyclic) bond motifs is 1. The zero-order chi connectivity index (χ0) is 14.2. The van der Waals surface area contributed by atoms with Gasteiger partial charge in [-0.15, -0.1) is 0 Å². The maximum absolute atomic E-state index is 12.2. The van der Waals surface area contributed by atoms with E-state index in [0.29, 0.717) is 24.1 Å². The number of Topliss-reactive ketones (excluding diaryl/α,β-unsaturated/α-hetero) is 1. The molecule has 1 aromatic rings. The van der Waals surface area contributed by atoms with Gasteiger partial charge in [-0.1, -0.05) is 44.2 Å². The van der Waals surface area contributed by atoms with Crippen LogP contribution in [0.4, 0.5) is 5.69 Å². The molecule has 0 saturated carbocycles. The highest BCUT2D eigenvalue weighted by molar-refractivity contribution is 6.04. The second-order valence-corrected chi connectivity index (χ2v) is 5.49.